The van der Waals surface area contributed by atoms with Crippen molar-refractivity contribution >= 4 is 5.91 Å². The van der Waals surface area contributed by atoms with E-state index in [-0.39, 0.29) is 23.3 Å². The third-order valence-corrected chi connectivity index (χ3v) is 4.51. The first-order valence-electron chi connectivity index (χ1n) is 8.70. The molecule has 0 aliphatic carbocycles. The maximum absolute atomic E-state index is 12.7. The zero-order valence-corrected chi connectivity index (χ0v) is 14.9. The van der Waals surface area contributed by atoms with Gasteiger partial charge in [0, 0.05) is 38.7 Å². The Hall–Kier alpha value is -2.51. The number of amides is 1. The summed E-state index contributed by atoms with van der Waals surface area (Å²) in [5.74, 6) is 1.27. The van der Waals surface area contributed by atoms with Crippen molar-refractivity contribution in [3.63, 3.8) is 0 Å². The number of hydrogen-bond acceptors (Lipinski definition) is 5. The van der Waals surface area contributed by atoms with Gasteiger partial charge >= 0.3 is 5.69 Å². The number of piperidine rings is 1. The molecule has 0 radical (unpaired) electrons. The molecule has 0 aromatic carbocycles. The average molecular weight is 348 g/mol. The summed E-state index contributed by atoms with van der Waals surface area (Å²) >= 11 is 0. The maximum atomic E-state index is 12.7. The van der Waals surface area contributed by atoms with Crippen LogP contribution in [0.2, 0.25) is 0 Å². The van der Waals surface area contributed by atoms with Crippen LogP contribution in [0.1, 0.15) is 49.0 Å². The number of carbonyl (C=O) groups is 1. The van der Waals surface area contributed by atoms with E-state index in [0.29, 0.717) is 32.2 Å². The van der Waals surface area contributed by atoms with Crippen molar-refractivity contribution in [1.29, 1.82) is 0 Å². The molecule has 1 saturated heterocycles. The fraction of sp³-hybridized carbons (Fsp3) is 0.588. The van der Waals surface area contributed by atoms with Crippen LogP contribution in [0.3, 0.4) is 0 Å². The standard InChI is InChI=1S/C17H24N4O4/c1-4-21-15(18-19(3)17(21)23)12-7-6-10-20(11-12)16(22)13-8-9-14(25-13)24-5-2/h8-9,12H,4-7,10-11H2,1-3H3/t12-/m1/s1. The fourth-order valence-electron chi connectivity index (χ4n) is 3.31. The Morgan fingerprint density at radius 1 is 1.40 bits per heavy atom. The van der Waals surface area contributed by atoms with Crippen LogP contribution in [0.15, 0.2) is 21.3 Å². The quantitative estimate of drug-likeness (QED) is 0.820. The molecule has 0 bridgehead atoms. The molecule has 25 heavy (non-hydrogen) atoms. The monoisotopic (exact) mass is 348 g/mol. The largest absolute Gasteiger partial charge is 0.465 e. The minimum absolute atomic E-state index is 0.0490. The third-order valence-electron chi connectivity index (χ3n) is 4.51. The van der Waals surface area contributed by atoms with Crippen molar-refractivity contribution in [2.24, 2.45) is 7.05 Å². The molecule has 1 atom stereocenters. The molecule has 0 N–H and O–H groups in total. The number of aromatic nitrogens is 3. The lowest BCUT2D eigenvalue weighted by atomic mass is 9.97. The molecular weight excluding hydrogens is 324 g/mol. The number of furan rings is 1. The van der Waals surface area contributed by atoms with E-state index in [1.54, 1.807) is 28.6 Å². The van der Waals surface area contributed by atoms with E-state index in [9.17, 15) is 9.59 Å². The summed E-state index contributed by atoms with van der Waals surface area (Å²) in [4.78, 5) is 26.6. The van der Waals surface area contributed by atoms with E-state index >= 15 is 0 Å². The van der Waals surface area contributed by atoms with Gasteiger partial charge < -0.3 is 14.1 Å². The summed E-state index contributed by atoms with van der Waals surface area (Å²) < 4.78 is 13.8. The maximum Gasteiger partial charge on any atom is 0.345 e. The Kier molecular flexibility index (Phi) is 4.96. The highest BCUT2D eigenvalue weighted by atomic mass is 16.6. The zero-order chi connectivity index (χ0) is 18.0. The minimum Gasteiger partial charge on any atom is -0.465 e. The van der Waals surface area contributed by atoms with Gasteiger partial charge in [0.2, 0.25) is 0 Å². The summed E-state index contributed by atoms with van der Waals surface area (Å²) in [6.07, 6.45) is 1.77. The molecule has 1 fully saturated rings. The Balaban J connectivity index is 1.77. The molecule has 1 amide bonds. The molecule has 0 saturated carbocycles. The van der Waals surface area contributed by atoms with Gasteiger partial charge in [0.1, 0.15) is 5.82 Å². The first kappa shape index (κ1) is 17.3. The molecule has 0 unspecified atom stereocenters. The van der Waals surface area contributed by atoms with E-state index < -0.39 is 0 Å². The van der Waals surface area contributed by atoms with Crippen molar-refractivity contribution in [3.05, 3.63) is 34.2 Å². The molecule has 2 aromatic rings. The van der Waals surface area contributed by atoms with Crippen molar-refractivity contribution in [2.45, 2.75) is 39.2 Å². The Labute approximate surface area is 146 Å². The van der Waals surface area contributed by atoms with E-state index in [4.69, 9.17) is 9.15 Å². The predicted octanol–water partition coefficient (Wildman–Crippen LogP) is 1.61. The molecule has 8 nitrogen and oxygen atoms in total. The second-order valence-corrected chi connectivity index (χ2v) is 6.15. The lowest BCUT2D eigenvalue weighted by Crippen LogP contribution is -2.40. The van der Waals surface area contributed by atoms with Crippen LogP contribution < -0.4 is 10.4 Å². The molecule has 1 aliphatic rings. The highest BCUT2D eigenvalue weighted by Gasteiger charge is 2.30. The lowest BCUT2D eigenvalue weighted by molar-refractivity contribution is 0.0663. The van der Waals surface area contributed by atoms with Crippen LogP contribution in [0, 0.1) is 0 Å². The van der Waals surface area contributed by atoms with Crippen LogP contribution in [-0.2, 0) is 13.6 Å². The second kappa shape index (κ2) is 7.16. The normalized spacial score (nSPS) is 17.7. The molecule has 0 spiro atoms. The van der Waals surface area contributed by atoms with E-state index in [2.05, 4.69) is 5.10 Å². The first-order valence-corrected chi connectivity index (χ1v) is 8.70. The number of likely N-dealkylation sites (tertiary alicyclic amines) is 1. The molecule has 2 aromatic heterocycles. The molecule has 3 heterocycles. The zero-order valence-electron chi connectivity index (χ0n) is 14.9. The van der Waals surface area contributed by atoms with Gasteiger partial charge in [-0.05, 0) is 32.8 Å². The Morgan fingerprint density at radius 2 is 2.20 bits per heavy atom. The second-order valence-electron chi connectivity index (χ2n) is 6.15. The number of nitrogens with zero attached hydrogens (tertiary/aromatic N) is 4. The van der Waals surface area contributed by atoms with Crippen molar-refractivity contribution in [3.8, 4) is 5.95 Å². The predicted molar refractivity (Wildman–Crippen MR) is 90.9 cm³/mol. The Morgan fingerprint density at radius 3 is 2.92 bits per heavy atom. The summed E-state index contributed by atoms with van der Waals surface area (Å²) in [5, 5.41) is 4.39. The van der Waals surface area contributed by atoms with Crippen molar-refractivity contribution in [1.82, 2.24) is 19.2 Å². The number of aryl methyl sites for hydroxylation is 1. The molecular formula is C17H24N4O4. The van der Waals surface area contributed by atoms with Gasteiger partial charge in [0.15, 0.2) is 5.76 Å². The van der Waals surface area contributed by atoms with Gasteiger partial charge in [-0.3, -0.25) is 9.36 Å². The van der Waals surface area contributed by atoms with Crippen LogP contribution in [0.25, 0.3) is 0 Å². The molecule has 136 valence electrons. The Bertz CT molecular complexity index is 804. The van der Waals surface area contributed by atoms with Crippen molar-refractivity contribution in [2.75, 3.05) is 19.7 Å². The van der Waals surface area contributed by atoms with Crippen LogP contribution >= 0.6 is 0 Å². The van der Waals surface area contributed by atoms with E-state index in [0.717, 1.165) is 18.7 Å². The topological polar surface area (TPSA) is 82.5 Å². The lowest BCUT2D eigenvalue weighted by Gasteiger charge is -2.31. The first-order chi connectivity index (χ1) is 12.0. The van der Waals surface area contributed by atoms with Crippen LogP contribution in [0.5, 0.6) is 5.95 Å². The van der Waals surface area contributed by atoms with Gasteiger partial charge in [0.05, 0.1) is 6.61 Å². The molecule has 3 rings (SSSR count). The smallest absolute Gasteiger partial charge is 0.345 e. The molecule has 8 heteroatoms. The third kappa shape index (κ3) is 3.33. The summed E-state index contributed by atoms with van der Waals surface area (Å²) in [5.41, 5.74) is -0.117. The SMILES string of the molecule is CCOc1ccc(C(=O)N2CCC[C@@H](c3nn(C)c(=O)n3CC)C2)o1. The van der Waals surface area contributed by atoms with Gasteiger partial charge in [-0.1, -0.05) is 0 Å². The van der Waals surface area contributed by atoms with E-state index in [1.165, 1.54) is 4.68 Å². The average Bonchev–Trinajstić information content (AvgIpc) is 3.20. The highest BCUT2D eigenvalue weighted by Crippen LogP contribution is 2.27. The number of ether oxygens (including phenoxy) is 1. The fourth-order valence-corrected chi connectivity index (χ4v) is 3.31. The number of rotatable bonds is 5. The van der Waals surface area contributed by atoms with E-state index in [1.807, 2.05) is 13.8 Å². The van der Waals surface area contributed by atoms with Gasteiger partial charge in [-0.25, -0.2) is 9.48 Å². The van der Waals surface area contributed by atoms with Crippen LogP contribution in [-0.4, -0.2) is 44.9 Å². The summed E-state index contributed by atoms with van der Waals surface area (Å²) in [7, 11) is 1.65. The van der Waals surface area contributed by atoms with Gasteiger partial charge in [-0.15, -0.1) is 0 Å². The van der Waals surface area contributed by atoms with Crippen LogP contribution in [0.4, 0.5) is 0 Å². The minimum atomic E-state index is -0.156. The van der Waals surface area contributed by atoms with Crippen molar-refractivity contribution < 1.29 is 13.9 Å². The summed E-state index contributed by atoms with van der Waals surface area (Å²) in [6, 6.07) is 3.30. The van der Waals surface area contributed by atoms with Gasteiger partial charge in [0.25, 0.3) is 11.9 Å². The van der Waals surface area contributed by atoms with Gasteiger partial charge in [-0.2, -0.15) is 5.10 Å². The number of carbonyl (C=O) groups excluding carboxylic acids is 1. The number of hydrogen-bond donors (Lipinski definition) is 0. The summed E-state index contributed by atoms with van der Waals surface area (Å²) in [6.45, 7) is 6.04. The molecule has 1 aliphatic heterocycles. The highest BCUT2D eigenvalue weighted by molar-refractivity contribution is 5.91.